The van der Waals surface area contributed by atoms with Crippen molar-refractivity contribution in [2.45, 2.75) is 25.3 Å². The number of ether oxygens (including phenoxy) is 1. The minimum absolute atomic E-state index is 0.0343. The van der Waals surface area contributed by atoms with Crippen LogP contribution in [0.1, 0.15) is 29.6 Å². The Hall–Kier alpha value is -1.75. The number of carboxylic acid groups (broad SMARTS) is 1. The molecule has 0 atom stereocenters. The van der Waals surface area contributed by atoms with Crippen molar-refractivity contribution in [2.24, 2.45) is 0 Å². The van der Waals surface area contributed by atoms with Gasteiger partial charge in [0.2, 0.25) is 5.91 Å². The predicted octanol–water partition coefficient (Wildman–Crippen LogP) is 2.09. The summed E-state index contributed by atoms with van der Waals surface area (Å²) in [7, 11) is 0. The molecule has 19 heavy (non-hydrogen) atoms. The first-order valence-electron chi connectivity index (χ1n) is 6.01. The highest BCUT2D eigenvalue weighted by Gasteiger charge is 2.23. The molecule has 0 heterocycles. The van der Waals surface area contributed by atoms with Crippen LogP contribution in [-0.2, 0) is 4.79 Å². The second-order valence-corrected chi connectivity index (χ2v) is 4.82. The molecule has 0 bridgehead atoms. The molecule has 1 aliphatic rings. The number of hydrogen-bond acceptors (Lipinski definition) is 3. The molecule has 2 rings (SSSR count). The number of halogens is 1. The highest BCUT2D eigenvalue weighted by Crippen LogP contribution is 2.23. The SMILES string of the molecule is O=C(CCOc1cc(Cl)ccc1C(=O)O)NC1CC1. The predicted molar refractivity (Wildman–Crippen MR) is 69.7 cm³/mol. The molecule has 0 aliphatic heterocycles. The van der Waals surface area contributed by atoms with E-state index >= 15 is 0 Å². The van der Waals surface area contributed by atoms with Crippen molar-refractivity contribution in [2.75, 3.05) is 6.61 Å². The molecule has 0 unspecified atom stereocenters. The topological polar surface area (TPSA) is 75.6 Å². The number of carboxylic acids is 1. The van der Waals surface area contributed by atoms with E-state index < -0.39 is 5.97 Å². The monoisotopic (exact) mass is 283 g/mol. The summed E-state index contributed by atoms with van der Waals surface area (Å²) in [6, 6.07) is 4.61. The largest absolute Gasteiger partial charge is 0.492 e. The zero-order chi connectivity index (χ0) is 13.8. The summed E-state index contributed by atoms with van der Waals surface area (Å²) >= 11 is 5.79. The van der Waals surface area contributed by atoms with Crippen LogP contribution in [0.5, 0.6) is 5.75 Å². The molecule has 0 spiro atoms. The van der Waals surface area contributed by atoms with Crippen LogP contribution in [0.4, 0.5) is 0 Å². The van der Waals surface area contributed by atoms with Crippen LogP contribution in [0, 0.1) is 0 Å². The number of benzene rings is 1. The summed E-state index contributed by atoms with van der Waals surface area (Å²) in [5.74, 6) is -0.991. The van der Waals surface area contributed by atoms with Gasteiger partial charge in [-0.15, -0.1) is 0 Å². The molecule has 102 valence electrons. The first kappa shape index (κ1) is 13.7. The van der Waals surface area contributed by atoms with Crippen LogP contribution in [0.25, 0.3) is 0 Å². The minimum atomic E-state index is -1.09. The molecule has 1 fully saturated rings. The fraction of sp³-hybridized carbons (Fsp3) is 0.385. The molecule has 0 saturated heterocycles. The Morgan fingerprint density at radius 2 is 2.16 bits per heavy atom. The Kier molecular flexibility index (Phi) is 4.27. The summed E-state index contributed by atoms with van der Waals surface area (Å²) < 4.78 is 5.33. The van der Waals surface area contributed by atoms with Gasteiger partial charge in [-0.3, -0.25) is 4.79 Å². The molecule has 6 heteroatoms. The van der Waals surface area contributed by atoms with Gasteiger partial charge in [0, 0.05) is 11.1 Å². The van der Waals surface area contributed by atoms with Crippen LogP contribution in [-0.4, -0.2) is 29.6 Å². The summed E-state index contributed by atoms with van der Waals surface area (Å²) in [4.78, 5) is 22.4. The Balaban J connectivity index is 1.88. The lowest BCUT2D eigenvalue weighted by Crippen LogP contribution is -2.26. The summed E-state index contributed by atoms with van der Waals surface area (Å²) in [5, 5.41) is 12.2. The number of hydrogen-bond donors (Lipinski definition) is 2. The van der Waals surface area contributed by atoms with Crippen molar-refractivity contribution in [1.82, 2.24) is 5.32 Å². The Morgan fingerprint density at radius 1 is 1.42 bits per heavy atom. The number of carbonyl (C=O) groups is 2. The molecule has 0 radical (unpaired) electrons. The molecule has 1 aliphatic carbocycles. The van der Waals surface area contributed by atoms with Crippen molar-refractivity contribution in [3.05, 3.63) is 28.8 Å². The quantitative estimate of drug-likeness (QED) is 0.838. The number of aromatic carboxylic acids is 1. The molecule has 2 N–H and O–H groups in total. The summed E-state index contributed by atoms with van der Waals surface area (Å²) in [6.07, 6.45) is 2.26. The van der Waals surface area contributed by atoms with Crippen LogP contribution in [0.15, 0.2) is 18.2 Å². The number of rotatable bonds is 6. The van der Waals surface area contributed by atoms with Gasteiger partial charge in [0.25, 0.3) is 0 Å². The zero-order valence-electron chi connectivity index (χ0n) is 10.2. The Morgan fingerprint density at radius 3 is 2.79 bits per heavy atom. The fourth-order valence-corrected chi connectivity index (χ4v) is 1.74. The summed E-state index contributed by atoms with van der Waals surface area (Å²) in [5.41, 5.74) is 0.0343. The molecule has 1 amide bonds. The average Bonchev–Trinajstić information content (AvgIpc) is 3.12. The van der Waals surface area contributed by atoms with Gasteiger partial charge in [0.1, 0.15) is 11.3 Å². The van der Waals surface area contributed by atoms with Gasteiger partial charge < -0.3 is 15.2 Å². The van der Waals surface area contributed by atoms with Crippen molar-refractivity contribution in [3.8, 4) is 5.75 Å². The van der Waals surface area contributed by atoms with E-state index in [4.69, 9.17) is 21.4 Å². The van der Waals surface area contributed by atoms with E-state index in [-0.39, 0.29) is 30.2 Å². The minimum Gasteiger partial charge on any atom is -0.492 e. The van der Waals surface area contributed by atoms with Crippen molar-refractivity contribution >= 4 is 23.5 Å². The first-order valence-corrected chi connectivity index (χ1v) is 6.39. The number of nitrogens with one attached hydrogen (secondary N) is 1. The van der Waals surface area contributed by atoms with E-state index in [1.54, 1.807) is 0 Å². The van der Waals surface area contributed by atoms with E-state index in [9.17, 15) is 9.59 Å². The fourth-order valence-electron chi connectivity index (χ4n) is 1.57. The lowest BCUT2D eigenvalue weighted by Gasteiger charge is -2.09. The molecule has 1 saturated carbocycles. The molecule has 5 nitrogen and oxygen atoms in total. The van der Waals surface area contributed by atoms with E-state index in [0.29, 0.717) is 11.1 Å². The normalized spacial score (nSPS) is 13.9. The van der Waals surface area contributed by atoms with Crippen LogP contribution in [0.3, 0.4) is 0 Å². The zero-order valence-corrected chi connectivity index (χ0v) is 10.9. The summed E-state index contributed by atoms with van der Waals surface area (Å²) in [6.45, 7) is 0.124. The van der Waals surface area contributed by atoms with Crippen molar-refractivity contribution < 1.29 is 19.4 Å². The standard InChI is InChI=1S/C13H14ClNO4/c14-8-1-4-10(13(17)18)11(7-8)19-6-5-12(16)15-9-2-3-9/h1,4,7,9H,2-3,5-6H2,(H,15,16)(H,17,18). The maximum Gasteiger partial charge on any atom is 0.339 e. The third-order valence-electron chi connectivity index (χ3n) is 2.70. The highest BCUT2D eigenvalue weighted by atomic mass is 35.5. The smallest absolute Gasteiger partial charge is 0.339 e. The lowest BCUT2D eigenvalue weighted by molar-refractivity contribution is -0.121. The van der Waals surface area contributed by atoms with Crippen LogP contribution in [0.2, 0.25) is 5.02 Å². The van der Waals surface area contributed by atoms with Crippen molar-refractivity contribution in [1.29, 1.82) is 0 Å². The molecular formula is C13H14ClNO4. The van der Waals surface area contributed by atoms with Gasteiger partial charge >= 0.3 is 5.97 Å². The average molecular weight is 284 g/mol. The van der Waals surface area contributed by atoms with Crippen LogP contribution < -0.4 is 10.1 Å². The van der Waals surface area contributed by atoms with E-state index in [1.807, 2.05) is 0 Å². The maximum atomic E-state index is 11.4. The highest BCUT2D eigenvalue weighted by molar-refractivity contribution is 6.30. The van der Waals surface area contributed by atoms with Gasteiger partial charge in [-0.05, 0) is 31.0 Å². The van der Waals surface area contributed by atoms with Gasteiger partial charge in [0.05, 0.1) is 13.0 Å². The first-order chi connectivity index (χ1) is 9.06. The van der Waals surface area contributed by atoms with Gasteiger partial charge in [0.15, 0.2) is 0 Å². The third-order valence-corrected chi connectivity index (χ3v) is 2.94. The van der Waals surface area contributed by atoms with E-state index in [1.165, 1.54) is 18.2 Å². The second-order valence-electron chi connectivity index (χ2n) is 4.39. The number of amides is 1. The van der Waals surface area contributed by atoms with Crippen LogP contribution >= 0.6 is 11.6 Å². The van der Waals surface area contributed by atoms with E-state index in [0.717, 1.165) is 12.8 Å². The molecule has 1 aromatic rings. The van der Waals surface area contributed by atoms with Gasteiger partial charge in [-0.25, -0.2) is 4.79 Å². The lowest BCUT2D eigenvalue weighted by atomic mass is 10.2. The Bertz CT molecular complexity index is 499. The Labute approximate surface area is 115 Å². The van der Waals surface area contributed by atoms with Gasteiger partial charge in [-0.2, -0.15) is 0 Å². The third kappa shape index (κ3) is 4.13. The van der Waals surface area contributed by atoms with Gasteiger partial charge in [-0.1, -0.05) is 11.6 Å². The maximum absolute atomic E-state index is 11.4. The molecular weight excluding hydrogens is 270 g/mol. The second kappa shape index (κ2) is 5.93. The number of carbonyl (C=O) groups excluding carboxylic acids is 1. The molecule has 1 aromatic carbocycles. The van der Waals surface area contributed by atoms with Crippen molar-refractivity contribution in [3.63, 3.8) is 0 Å². The van der Waals surface area contributed by atoms with E-state index in [2.05, 4.69) is 5.32 Å². The molecule has 0 aromatic heterocycles.